The molecule has 1 atom stereocenters. The van der Waals surface area contributed by atoms with Crippen molar-refractivity contribution in [1.29, 1.82) is 0 Å². The van der Waals surface area contributed by atoms with Crippen LogP contribution >= 0.6 is 0 Å². The van der Waals surface area contributed by atoms with E-state index in [1.807, 2.05) is 54.6 Å². The number of aromatic nitrogens is 1. The van der Waals surface area contributed by atoms with Gasteiger partial charge in [0.2, 0.25) is 5.91 Å². The Kier molecular flexibility index (Phi) is 5.19. The van der Waals surface area contributed by atoms with E-state index in [1.165, 1.54) is 0 Å². The Balaban J connectivity index is 1.31. The second-order valence-electron chi connectivity index (χ2n) is 6.62. The third-order valence-corrected chi connectivity index (χ3v) is 4.79. The molecule has 1 N–H and O–H groups in total. The number of ether oxygens (including phenoxy) is 2. The van der Waals surface area contributed by atoms with Crippen LogP contribution in [0.1, 0.15) is 12.0 Å². The van der Waals surface area contributed by atoms with Crippen LogP contribution in [-0.2, 0) is 11.2 Å². The first-order chi connectivity index (χ1) is 13.3. The lowest BCUT2D eigenvalue weighted by Crippen LogP contribution is -2.35. The van der Waals surface area contributed by atoms with Gasteiger partial charge in [-0.3, -0.25) is 9.78 Å². The molecule has 0 saturated heterocycles. The Morgan fingerprint density at radius 1 is 1.15 bits per heavy atom. The van der Waals surface area contributed by atoms with Crippen LogP contribution in [0.5, 0.6) is 11.5 Å². The number of hydrogen-bond donors (Lipinski definition) is 1. The zero-order valence-electron chi connectivity index (χ0n) is 15.1. The highest BCUT2D eigenvalue weighted by Crippen LogP contribution is 2.26. The van der Waals surface area contributed by atoms with Gasteiger partial charge in [-0.05, 0) is 36.6 Å². The number of nitrogens with zero attached hydrogens (tertiary/aromatic N) is 1. The minimum Gasteiger partial charge on any atom is -0.493 e. The van der Waals surface area contributed by atoms with Crippen LogP contribution in [0.2, 0.25) is 0 Å². The molecule has 0 fully saturated rings. The predicted octanol–water partition coefficient (Wildman–Crippen LogP) is 3.37. The smallest absolute Gasteiger partial charge is 0.223 e. The summed E-state index contributed by atoms with van der Waals surface area (Å²) in [6, 6.07) is 17.7. The van der Waals surface area contributed by atoms with Gasteiger partial charge < -0.3 is 14.8 Å². The fraction of sp³-hybridized carbons (Fsp3) is 0.273. The molecular weight excluding hydrogens is 340 g/mol. The van der Waals surface area contributed by atoms with Crippen molar-refractivity contribution in [2.24, 2.45) is 5.92 Å². The molecule has 4 rings (SSSR count). The zero-order chi connectivity index (χ0) is 18.5. The lowest BCUT2D eigenvalue weighted by molar-refractivity contribution is -0.125. The van der Waals surface area contributed by atoms with E-state index < -0.39 is 0 Å². The van der Waals surface area contributed by atoms with Gasteiger partial charge in [-0.15, -0.1) is 0 Å². The Hall–Kier alpha value is -3.08. The SMILES string of the molecule is O=C(NCCOc1cccc2cccnc12)[C@@H]1CCOc2ccccc2C1. The topological polar surface area (TPSA) is 60.5 Å². The average Bonchev–Trinajstić information content (AvgIpc) is 2.93. The maximum Gasteiger partial charge on any atom is 0.223 e. The Morgan fingerprint density at radius 3 is 3.00 bits per heavy atom. The normalized spacial score (nSPS) is 16.1. The number of carbonyl (C=O) groups is 1. The molecule has 0 spiro atoms. The van der Waals surface area contributed by atoms with Crippen LogP contribution in [0.25, 0.3) is 10.9 Å². The van der Waals surface area contributed by atoms with Gasteiger partial charge >= 0.3 is 0 Å². The molecule has 138 valence electrons. The van der Waals surface area contributed by atoms with E-state index in [1.54, 1.807) is 6.20 Å². The molecule has 27 heavy (non-hydrogen) atoms. The molecule has 5 nitrogen and oxygen atoms in total. The number of nitrogens with one attached hydrogen (secondary N) is 1. The summed E-state index contributed by atoms with van der Waals surface area (Å²) in [5.41, 5.74) is 1.93. The fourth-order valence-electron chi connectivity index (χ4n) is 3.39. The van der Waals surface area contributed by atoms with Crippen LogP contribution in [-0.4, -0.2) is 30.6 Å². The molecule has 2 heterocycles. The number of carbonyl (C=O) groups excluding carboxylic acids is 1. The van der Waals surface area contributed by atoms with Crippen molar-refractivity contribution in [3.8, 4) is 11.5 Å². The Morgan fingerprint density at radius 2 is 2.04 bits per heavy atom. The molecule has 1 aliphatic rings. The van der Waals surface area contributed by atoms with Crippen molar-refractivity contribution in [2.75, 3.05) is 19.8 Å². The van der Waals surface area contributed by atoms with Gasteiger partial charge in [0.25, 0.3) is 0 Å². The lowest BCUT2D eigenvalue weighted by atomic mass is 9.96. The summed E-state index contributed by atoms with van der Waals surface area (Å²) in [7, 11) is 0. The maximum atomic E-state index is 12.5. The van der Waals surface area contributed by atoms with Crippen molar-refractivity contribution < 1.29 is 14.3 Å². The van der Waals surface area contributed by atoms with Gasteiger partial charge in [-0.1, -0.05) is 36.4 Å². The minimum atomic E-state index is -0.0760. The first kappa shape index (κ1) is 17.3. The molecule has 5 heteroatoms. The third kappa shape index (κ3) is 4.03. The highest BCUT2D eigenvalue weighted by Gasteiger charge is 2.23. The standard InChI is InChI=1S/C22H22N2O3/c25-22(18-10-13-26-19-8-2-1-5-17(19)15-18)24-12-14-27-20-9-3-6-16-7-4-11-23-21(16)20/h1-9,11,18H,10,12-15H2,(H,24,25)/t18-/m1/s1. The van der Waals surface area contributed by atoms with Crippen LogP contribution in [0.4, 0.5) is 0 Å². The van der Waals surface area contributed by atoms with E-state index in [2.05, 4.69) is 10.3 Å². The van der Waals surface area contributed by atoms with Crippen molar-refractivity contribution >= 4 is 16.8 Å². The fourth-order valence-corrected chi connectivity index (χ4v) is 3.39. The highest BCUT2D eigenvalue weighted by molar-refractivity contribution is 5.84. The van der Waals surface area contributed by atoms with E-state index >= 15 is 0 Å². The Labute approximate surface area is 158 Å². The molecule has 2 aromatic carbocycles. The molecule has 0 radical (unpaired) electrons. The average molecular weight is 362 g/mol. The van der Waals surface area contributed by atoms with Crippen LogP contribution in [0.3, 0.4) is 0 Å². The van der Waals surface area contributed by atoms with Gasteiger partial charge in [0.05, 0.1) is 13.2 Å². The number of rotatable bonds is 5. The summed E-state index contributed by atoms with van der Waals surface area (Å²) in [6.07, 6.45) is 3.17. The summed E-state index contributed by atoms with van der Waals surface area (Å²) in [6.45, 7) is 1.43. The van der Waals surface area contributed by atoms with E-state index in [4.69, 9.17) is 9.47 Å². The Bertz CT molecular complexity index is 936. The van der Waals surface area contributed by atoms with Crippen molar-refractivity contribution in [3.05, 3.63) is 66.4 Å². The first-order valence-corrected chi connectivity index (χ1v) is 9.26. The molecule has 3 aromatic rings. The minimum absolute atomic E-state index is 0.0509. The van der Waals surface area contributed by atoms with Crippen molar-refractivity contribution in [1.82, 2.24) is 10.3 Å². The van der Waals surface area contributed by atoms with Gasteiger partial charge in [0.15, 0.2) is 0 Å². The van der Waals surface area contributed by atoms with Crippen LogP contribution in [0, 0.1) is 5.92 Å². The van der Waals surface area contributed by atoms with E-state index in [0.29, 0.717) is 32.6 Å². The number of benzene rings is 2. The van der Waals surface area contributed by atoms with Crippen molar-refractivity contribution in [2.45, 2.75) is 12.8 Å². The molecule has 0 unspecified atom stereocenters. The third-order valence-electron chi connectivity index (χ3n) is 4.79. The number of fused-ring (bicyclic) bond motifs is 2. The quantitative estimate of drug-likeness (QED) is 0.707. The van der Waals surface area contributed by atoms with Crippen LogP contribution < -0.4 is 14.8 Å². The highest BCUT2D eigenvalue weighted by atomic mass is 16.5. The summed E-state index contributed by atoms with van der Waals surface area (Å²) >= 11 is 0. The van der Waals surface area contributed by atoms with Crippen molar-refractivity contribution in [3.63, 3.8) is 0 Å². The van der Waals surface area contributed by atoms with E-state index in [9.17, 15) is 4.79 Å². The van der Waals surface area contributed by atoms with Gasteiger partial charge in [0.1, 0.15) is 23.6 Å². The molecule has 0 saturated carbocycles. The predicted molar refractivity (Wildman–Crippen MR) is 104 cm³/mol. The number of para-hydroxylation sites is 2. The number of amides is 1. The molecule has 0 aliphatic carbocycles. The largest absolute Gasteiger partial charge is 0.493 e. The van der Waals surface area contributed by atoms with E-state index in [-0.39, 0.29) is 11.8 Å². The first-order valence-electron chi connectivity index (χ1n) is 9.26. The maximum absolute atomic E-state index is 12.5. The second-order valence-corrected chi connectivity index (χ2v) is 6.62. The van der Waals surface area contributed by atoms with Gasteiger partial charge in [-0.25, -0.2) is 0 Å². The summed E-state index contributed by atoms with van der Waals surface area (Å²) in [4.78, 5) is 16.9. The van der Waals surface area contributed by atoms with Gasteiger partial charge in [-0.2, -0.15) is 0 Å². The van der Waals surface area contributed by atoms with Gasteiger partial charge in [0, 0.05) is 17.5 Å². The number of pyridine rings is 1. The summed E-state index contributed by atoms with van der Waals surface area (Å²) in [5, 5.41) is 4.03. The van der Waals surface area contributed by atoms with Crippen LogP contribution in [0.15, 0.2) is 60.8 Å². The summed E-state index contributed by atoms with van der Waals surface area (Å²) < 4.78 is 11.6. The number of hydrogen-bond acceptors (Lipinski definition) is 4. The monoisotopic (exact) mass is 362 g/mol. The zero-order valence-corrected chi connectivity index (χ0v) is 15.1. The molecule has 1 aromatic heterocycles. The lowest BCUT2D eigenvalue weighted by Gasteiger charge is -2.14. The molecule has 1 aliphatic heterocycles. The summed E-state index contributed by atoms with van der Waals surface area (Å²) in [5.74, 6) is 1.60. The second kappa shape index (κ2) is 8.08. The molecular formula is C22H22N2O3. The molecule has 0 bridgehead atoms. The van der Waals surface area contributed by atoms with E-state index in [0.717, 1.165) is 28.0 Å². The molecule has 1 amide bonds.